The van der Waals surface area contributed by atoms with E-state index >= 15 is 0 Å². The van der Waals surface area contributed by atoms with Crippen molar-refractivity contribution in [2.24, 2.45) is 0 Å². The number of ether oxygens (including phenoxy) is 1. The number of esters is 1. The second-order valence-electron chi connectivity index (χ2n) is 1.90. The summed E-state index contributed by atoms with van der Waals surface area (Å²) in [7, 11) is 0. The SMILES string of the molecule is C=C(O)C(=O)OC(C)C. The van der Waals surface area contributed by atoms with Crippen LogP contribution in [-0.2, 0) is 9.53 Å². The van der Waals surface area contributed by atoms with Crippen molar-refractivity contribution in [2.45, 2.75) is 20.0 Å². The van der Waals surface area contributed by atoms with Crippen LogP contribution in [0.5, 0.6) is 0 Å². The Morgan fingerprint density at radius 2 is 2.11 bits per heavy atom. The molecule has 0 fully saturated rings. The minimum absolute atomic E-state index is 0.207. The van der Waals surface area contributed by atoms with Crippen LogP contribution in [0, 0.1) is 0 Å². The van der Waals surface area contributed by atoms with Crippen LogP contribution in [0.15, 0.2) is 12.3 Å². The lowest BCUT2D eigenvalue weighted by Gasteiger charge is -2.04. The summed E-state index contributed by atoms with van der Waals surface area (Å²) in [4.78, 5) is 10.4. The fourth-order valence-electron chi connectivity index (χ4n) is 0.282. The average molecular weight is 130 g/mol. The summed E-state index contributed by atoms with van der Waals surface area (Å²) in [5.74, 6) is -1.31. The van der Waals surface area contributed by atoms with Crippen molar-refractivity contribution in [1.82, 2.24) is 0 Å². The molecule has 3 heteroatoms. The maximum Gasteiger partial charge on any atom is 0.372 e. The maximum atomic E-state index is 10.4. The zero-order valence-corrected chi connectivity index (χ0v) is 5.55. The van der Waals surface area contributed by atoms with Crippen LogP contribution >= 0.6 is 0 Å². The summed E-state index contributed by atoms with van der Waals surface area (Å²) in [5.41, 5.74) is 0. The normalized spacial score (nSPS) is 9.22. The number of carbonyl (C=O) groups is 1. The minimum atomic E-state index is -0.759. The zero-order valence-electron chi connectivity index (χ0n) is 5.55. The molecule has 0 rings (SSSR count). The van der Waals surface area contributed by atoms with Crippen LogP contribution < -0.4 is 0 Å². The third-order valence-corrected chi connectivity index (χ3v) is 0.578. The topological polar surface area (TPSA) is 46.5 Å². The van der Waals surface area contributed by atoms with Gasteiger partial charge in [0, 0.05) is 0 Å². The first-order valence-electron chi connectivity index (χ1n) is 2.63. The molecule has 0 unspecified atom stereocenters. The van der Waals surface area contributed by atoms with E-state index in [1.807, 2.05) is 0 Å². The van der Waals surface area contributed by atoms with Crippen molar-refractivity contribution in [3.05, 3.63) is 12.3 Å². The Labute approximate surface area is 53.9 Å². The second-order valence-corrected chi connectivity index (χ2v) is 1.90. The lowest BCUT2D eigenvalue weighted by molar-refractivity contribution is -0.145. The van der Waals surface area contributed by atoms with Crippen molar-refractivity contribution >= 4 is 5.97 Å². The van der Waals surface area contributed by atoms with Gasteiger partial charge < -0.3 is 9.84 Å². The van der Waals surface area contributed by atoms with E-state index in [2.05, 4.69) is 11.3 Å². The molecule has 52 valence electrons. The summed E-state index contributed by atoms with van der Waals surface area (Å²) >= 11 is 0. The Morgan fingerprint density at radius 1 is 1.67 bits per heavy atom. The highest BCUT2D eigenvalue weighted by Gasteiger charge is 2.06. The van der Waals surface area contributed by atoms with Gasteiger partial charge in [-0.05, 0) is 20.4 Å². The molecule has 0 saturated carbocycles. The Kier molecular flexibility index (Phi) is 2.78. The standard InChI is InChI=1S/C6H10O3/c1-4(2)9-6(8)5(3)7/h4,7H,3H2,1-2H3. The van der Waals surface area contributed by atoms with Gasteiger partial charge in [-0.3, -0.25) is 0 Å². The average Bonchev–Trinajstić information content (AvgIpc) is 1.63. The molecule has 1 N–H and O–H groups in total. The largest absolute Gasteiger partial charge is 0.502 e. The van der Waals surface area contributed by atoms with Crippen LogP contribution in [0.25, 0.3) is 0 Å². The molecule has 0 aliphatic carbocycles. The first kappa shape index (κ1) is 8.01. The molecule has 0 heterocycles. The molecule has 0 spiro atoms. The molecule has 0 aliphatic heterocycles. The summed E-state index contributed by atoms with van der Waals surface area (Å²) < 4.78 is 4.52. The molecule has 0 aromatic heterocycles. The molecule has 0 bridgehead atoms. The molecule has 0 atom stereocenters. The van der Waals surface area contributed by atoms with Gasteiger partial charge in [-0.2, -0.15) is 0 Å². The Morgan fingerprint density at radius 3 is 2.22 bits per heavy atom. The van der Waals surface area contributed by atoms with Gasteiger partial charge in [0.25, 0.3) is 0 Å². The van der Waals surface area contributed by atoms with Gasteiger partial charge in [0.1, 0.15) is 0 Å². The molecular formula is C6H10O3. The highest BCUT2D eigenvalue weighted by molar-refractivity contribution is 5.84. The minimum Gasteiger partial charge on any atom is -0.502 e. The first-order valence-corrected chi connectivity index (χ1v) is 2.63. The Balaban J connectivity index is 3.65. The van der Waals surface area contributed by atoms with E-state index in [4.69, 9.17) is 5.11 Å². The molecule has 0 aromatic rings. The molecule has 0 radical (unpaired) electrons. The maximum absolute atomic E-state index is 10.4. The molecule has 0 saturated heterocycles. The number of aliphatic hydroxyl groups is 1. The predicted molar refractivity (Wildman–Crippen MR) is 33.0 cm³/mol. The van der Waals surface area contributed by atoms with E-state index in [0.29, 0.717) is 0 Å². The van der Waals surface area contributed by atoms with Gasteiger partial charge in [-0.1, -0.05) is 0 Å². The summed E-state index contributed by atoms with van der Waals surface area (Å²) in [6.07, 6.45) is -0.207. The van der Waals surface area contributed by atoms with Gasteiger partial charge in [-0.25, -0.2) is 4.79 Å². The van der Waals surface area contributed by atoms with E-state index in [9.17, 15) is 4.79 Å². The van der Waals surface area contributed by atoms with E-state index in [1.165, 1.54) is 0 Å². The monoisotopic (exact) mass is 130 g/mol. The van der Waals surface area contributed by atoms with E-state index in [-0.39, 0.29) is 6.10 Å². The van der Waals surface area contributed by atoms with Crippen molar-refractivity contribution in [3.63, 3.8) is 0 Å². The summed E-state index contributed by atoms with van der Waals surface area (Å²) in [5, 5.41) is 8.40. The van der Waals surface area contributed by atoms with Crippen LogP contribution in [0.4, 0.5) is 0 Å². The van der Waals surface area contributed by atoms with Crippen molar-refractivity contribution in [3.8, 4) is 0 Å². The third-order valence-electron chi connectivity index (χ3n) is 0.578. The molecule has 0 aliphatic rings. The van der Waals surface area contributed by atoms with Crippen LogP contribution in [0.2, 0.25) is 0 Å². The lowest BCUT2D eigenvalue weighted by Crippen LogP contribution is -2.12. The van der Waals surface area contributed by atoms with Crippen LogP contribution in [0.1, 0.15) is 13.8 Å². The first-order chi connectivity index (χ1) is 4.04. The van der Waals surface area contributed by atoms with Gasteiger partial charge in [0.05, 0.1) is 6.10 Å². The lowest BCUT2D eigenvalue weighted by atomic mass is 10.5. The van der Waals surface area contributed by atoms with Crippen molar-refractivity contribution in [2.75, 3.05) is 0 Å². The summed E-state index contributed by atoms with van der Waals surface area (Å²) in [6.45, 7) is 6.38. The number of hydrogen-bond donors (Lipinski definition) is 1. The van der Waals surface area contributed by atoms with Crippen molar-refractivity contribution < 1.29 is 14.6 Å². The van der Waals surface area contributed by atoms with Gasteiger partial charge >= 0.3 is 5.97 Å². The molecular weight excluding hydrogens is 120 g/mol. The van der Waals surface area contributed by atoms with E-state index in [1.54, 1.807) is 13.8 Å². The molecule has 0 amide bonds. The number of aliphatic hydroxyl groups excluding tert-OH is 1. The van der Waals surface area contributed by atoms with Gasteiger partial charge in [-0.15, -0.1) is 0 Å². The van der Waals surface area contributed by atoms with Gasteiger partial charge in [0.15, 0.2) is 5.76 Å². The Bertz CT molecular complexity index is 126. The zero-order chi connectivity index (χ0) is 7.44. The van der Waals surface area contributed by atoms with Crippen LogP contribution in [0.3, 0.4) is 0 Å². The molecule has 9 heavy (non-hydrogen) atoms. The number of hydrogen-bond acceptors (Lipinski definition) is 3. The predicted octanol–water partition coefficient (Wildman–Crippen LogP) is 1.01. The van der Waals surface area contributed by atoms with Crippen molar-refractivity contribution in [1.29, 1.82) is 0 Å². The van der Waals surface area contributed by atoms with Crippen LogP contribution in [-0.4, -0.2) is 17.2 Å². The fraction of sp³-hybridized carbons (Fsp3) is 0.500. The summed E-state index contributed by atoms with van der Waals surface area (Å²) in [6, 6.07) is 0. The van der Waals surface area contributed by atoms with Gasteiger partial charge in [0.2, 0.25) is 0 Å². The highest BCUT2D eigenvalue weighted by Crippen LogP contribution is 1.93. The fourth-order valence-corrected chi connectivity index (χ4v) is 0.282. The highest BCUT2D eigenvalue weighted by atomic mass is 16.6. The molecule has 3 nitrogen and oxygen atoms in total. The second kappa shape index (κ2) is 3.12. The smallest absolute Gasteiger partial charge is 0.372 e. The quantitative estimate of drug-likeness (QED) is 0.344. The molecule has 0 aromatic carbocycles. The third kappa shape index (κ3) is 3.58. The number of carbonyl (C=O) groups excluding carboxylic acids is 1. The van der Waals surface area contributed by atoms with E-state index < -0.39 is 11.7 Å². The Hall–Kier alpha value is -0.990. The van der Waals surface area contributed by atoms with E-state index in [0.717, 1.165) is 0 Å². The number of rotatable bonds is 2.